The molecule has 2 aromatic carbocycles. The van der Waals surface area contributed by atoms with Crippen LogP contribution in [0.4, 0.5) is 5.69 Å². The zero-order valence-corrected chi connectivity index (χ0v) is 22.3. The summed E-state index contributed by atoms with van der Waals surface area (Å²) in [7, 11) is 0. The molecule has 2 atom stereocenters. The number of anilines is 1. The number of fused-ring (bicyclic) bond motifs is 3. The van der Waals surface area contributed by atoms with Crippen LogP contribution >= 0.6 is 0 Å². The number of aryl methyl sites for hydroxylation is 1. The van der Waals surface area contributed by atoms with Crippen LogP contribution in [-0.2, 0) is 9.59 Å². The van der Waals surface area contributed by atoms with Crippen LogP contribution in [0.15, 0.2) is 66.9 Å². The van der Waals surface area contributed by atoms with E-state index in [9.17, 15) is 9.59 Å². The van der Waals surface area contributed by atoms with Gasteiger partial charge in [-0.2, -0.15) is 0 Å². The fourth-order valence-electron chi connectivity index (χ4n) is 5.34. The first-order chi connectivity index (χ1) is 17.4. The highest BCUT2D eigenvalue weighted by Crippen LogP contribution is 2.42. The summed E-state index contributed by atoms with van der Waals surface area (Å²) < 4.78 is 2.18. The van der Waals surface area contributed by atoms with Gasteiger partial charge < -0.3 is 9.47 Å². The molecule has 0 saturated heterocycles. The van der Waals surface area contributed by atoms with Crippen molar-refractivity contribution in [1.82, 2.24) is 9.47 Å². The van der Waals surface area contributed by atoms with Gasteiger partial charge in [0.1, 0.15) is 12.6 Å². The third-order valence-electron chi connectivity index (χ3n) is 7.31. The lowest BCUT2D eigenvalue weighted by atomic mass is 9.95. The fraction of sp³-hybridized carbons (Fsp3) is 0.419. The van der Waals surface area contributed by atoms with Crippen LogP contribution in [0, 0.1) is 12.8 Å². The Morgan fingerprint density at radius 2 is 1.72 bits per heavy atom. The van der Waals surface area contributed by atoms with E-state index in [1.165, 1.54) is 0 Å². The second-order valence-electron chi connectivity index (χ2n) is 10.2. The number of rotatable bonds is 9. The smallest absolute Gasteiger partial charge is 0.247 e. The molecular weight excluding hydrogens is 446 g/mol. The molecule has 36 heavy (non-hydrogen) atoms. The molecule has 1 aliphatic heterocycles. The molecule has 4 rings (SSSR count). The molecule has 0 spiro atoms. The number of hydrogen-bond acceptors (Lipinski definition) is 2. The maximum atomic E-state index is 14.2. The third-order valence-corrected chi connectivity index (χ3v) is 7.31. The number of benzene rings is 2. The zero-order valence-electron chi connectivity index (χ0n) is 22.3. The zero-order chi connectivity index (χ0) is 25.8. The van der Waals surface area contributed by atoms with Gasteiger partial charge in [-0.15, -0.1) is 0 Å². The van der Waals surface area contributed by atoms with E-state index in [4.69, 9.17) is 0 Å². The number of nitrogens with zero attached hydrogens (tertiary/aromatic N) is 3. The van der Waals surface area contributed by atoms with E-state index >= 15 is 0 Å². The molecule has 190 valence electrons. The van der Waals surface area contributed by atoms with Crippen LogP contribution in [0.5, 0.6) is 0 Å². The quantitative estimate of drug-likeness (QED) is 0.340. The van der Waals surface area contributed by atoms with Gasteiger partial charge in [-0.1, -0.05) is 68.7 Å². The number of hydrogen-bond donors (Lipinski definition) is 0. The van der Waals surface area contributed by atoms with Gasteiger partial charge in [0.25, 0.3) is 0 Å². The van der Waals surface area contributed by atoms with E-state index < -0.39 is 0 Å². The first-order valence-corrected chi connectivity index (χ1v) is 13.3. The summed E-state index contributed by atoms with van der Waals surface area (Å²) in [5.41, 5.74) is 5.11. The van der Waals surface area contributed by atoms with Crippen LogP contribution in [-0.4, -0.2) is 33.9 Å². The summed E-state index contributed by atoms with van der Waals surface area (Å²) in [6.45, 7) is 10.4. The molecule has 0 bridgehead atoms. The van der Waals surface area contributed by atoms with Gasteiger partial charge in [-0.25, -0.2) is 0 Å². The van der Waals surface area contributed by atoms with Crippen molar-refractivity contribution in [2.45, 2.75) is 72.4 Å². The SMILES string of the molecule is CCCCC(CC)C(=O)N(CC(=O)N1c2ccccc2-n2cccc2C1c1cccc(C)c1)C(C)C. The molecular formula is C31H39N3O2. The Morgan fingerprint density at radius 1 is 0.972 bits per heavy atom. The van der Waals surface area contributed by atoms with E-state index in [1.54, 1.807) is 4.90 Å². The van der Waals surface area contributed by atoms with Crippen LogP contribution in [0.3, 0.4) is 0 Å². The molecule has 0 saturated carbocycles. The minimum absolute atomic E-state index is 0.0430. The lowest BCUT2D eigenvalue weighted by molar-refractivity contribution is -0.141. The van der Waals surface area contributed by atoms with Gasteiger partial charge >= 0.3 is 0 Å². The van der Waals surface area contributed by atoms with Crippen molar-refractivity contribution in [3.8, 4) is 5.69 Å². The molecule has 2 unspecified atom stereocenters. The number of aromatic nitrogens is 1. The number of amides is 2. The highest BCUT2D eigenvalue weighted by Gasteiger charge is 2.37. The summed E-state index contributed by atoms with van der Waals surface area (Å²) >= 11 is 0. The first kappa shape index (κ1) is 25.7. The molecule has 0 fully saturated rings. The highest BCUT2D eigenvalue weighted by atomic mass is 16.2. The van der Waals surface area contributed by atoms with Gasteiger partial charge in [0.15, 0.2) is 0 Å². The maximum absolute atomic E-state index is 14.2. The average Bonchev–Trinajstić information content (AvgIpc) is 3.36. The largest absolute Gasteiger partial charge is 0.331 e. The van der Waals surface area contributed by atoms with E-state index in [-0.39, 0.29) is 36.4 Å². The second kappa shape index (κ2) is 11.2. The number of unbranched alkanes of at least 4 members (excludes halogenated alkanes) is 1. The van der Waals surface area contributed by atoms with E-state index in [1.807, 2.05) is 49.1 Å². The Kier molecular flexibility index (Phi) is 7.97. The first-order valence-electron chi connectivity index (χ1n) is 13.3. The van der Waals surface area contributed by atoms with Crippen molar-refractivity contribution in [1.29, 1.82) is 0 Å². The molecule has 5 heteroatoms. The fourth-order valence-corrected chi connectivity index (χ4v) is 5.34. The van der Waals surface area contributed by atoms with E-state index in [0.29, 0.717) is 0 Å². The lowest BCUT2D eigenvalue weighted by Crippen LogP contribution is -2.50. The minimum Gasteiger partial charge on any atom is -0.331 e. The number of para-hydroxylation sites is 2. The third kappa shape index (κ3) is 4.97. The van der Waals surface area contributed by atoms with Crippen molar-refractivity contribution in [3.63, 3.8) is 0 Å². The normalized spacial score (nSPS) is 15.4. The molecule has 2 amide bonds. The molecule has 0 aliphatic carbocycles. The molecule has 1 aromatic heterocycles. The predicted molar refractivity (Wildman–Crippen MR) is 146 cm³/mol. The Hall–Kier alpha value is -3.34. The van der Waals surface area contributed by atoms with Gasteiger partial charge in [0.05, 0.1) is 17.1 Å². The van der Waals surface area contributed by atoms with Crippen LogP contribution in [0.2, 0.25) is 0 Å². The molecule has 3 aromatic rings. The summed E-state index contributed by atoms with van der Waals surface area (Å²) in [5, 5.41) is 0. The summed E-state index contributed by atoms with van der Waals surface area (Å²) in [4.78, 5) is 31.5. The Bertz CT molecular complexity index is 1210. The lowest BCUT2D eigenvalue weighted by Gasteiger charge is -2.40. The van der Waals surface area contributed by atoms with Crippen molar-refractivity contribution < 1.29 is 9.59 Å². The Balaban J connectivity index is 1.75. The number of carbonyl (C=O) groups is 2. The molecule has 5 nitrogen and oxygen atoms in total. The Morgan fingerprint density at radius 3 is 2.39 bits per heavy atom. The average molecular weight is 486 g/mol. The monoisotopic (exact) mass is 485 g/mol. The molecule has 0 radical (unpaired) electrons. The maximum Gasteiger partial charge on any atom is 0.247 e. The van der Waals surface area contributed by atoms with Crippen molar-refractivity contribution >= 4 is 17.5 Å². The van der Waals surface area contributed by atoms with E-state index in [2.05, 4.69) is 61.9 Å². The molecule has 1 aliphatic rings. The Labute approximate surface area is 215 Å². The summed E-state index contributed by atoms with van der Waals surface area (Å²) in [6.07, 6.45) is 5.81. The van der Waals surface area contributed by atoms with Gasteiger partial charge in [0.2, 0.25) is 11.8 Å². The van der Waals surface area contributed by atoms with Crippen LogP contribution < -0.4 is 4.90 Å². The second-order valence-corrected chi connectivity index (χ2v) is 10.2. The summed E-state index contributed by atoms with van der Waals surface area (Å²) in [5.74, 6) is -0.0116. The van der Waals surface area contributed by atoms with Crippen molar-refractivity contribution in [2.24, 2.45) is 5.92 Å². The summed E-state index contributed by atoms with van der Waals surface area (Å²) in [6, 6.07) is 20.2. The standard InChI is InChI=1S/C31H39N3O2/c1-6-8-14-24(7-2)31(36)33(22(3)4)21-29(35)34-27-17-10-9-16-26(27)32-19-12-18-28(32)30(34)25-15-11-13-23(5)20-25/h9-13,15-20,22,24,30H,6-8,14,21H2,1-5H3. The van der Waals surface area contributed by atoms with Crippen molar-refractivity contribution in [2.75, 3.05) is 11.4 Å². The van der Waals surface area contributed by atoms with Crippen molar-refractivity contribution in [3.05, 3.63) is 83.7 Å². The van der Waals surface area contributed by atoms with Crippen LogP contribution in [0.1, 0.15) is 76.2 Å². The predicted octanol–water partition coefficient (Wildman–Crippen LogP) is 6.68. The van der Waals surface area contributed by atoms with E-state index in [0.717, 1.165) is 53.9 Å². The van der Waals surface area contributed by atoms with Gasteiger partial charge in [0, 0.05) is 18.2 Å². The van der Waals surface area contributed by atoms with Crippen LogP contribution in [0.25, 0.3) is 5.69 Å². The topological polar surface area (TPSA) is 45.6 Å². The van der Waals surface area contributed by atoms with Gasteiger partial charge in [-0.05, 0) is 63.4 Å². The highest BCUT2D eigenvalue weighted by molar-refractivity contribution is 6.00. The number of carbonyl (C=O) groups excluding carboxylic acids is 2. The minimum atomic E-state index is -0.270. The molecule has 0 N–H and O–H groups in total. The molecule has 2 heterocycles. The van der Waals surface area contributed by atoms with Gasteiger partial charge in [-0.3, -0.25) is 14.5 Å².